The lowest BCUT2D eigenvalue weighted by Crippen LogP contribution is -1.88. The van der Waals surface area contributed by atoms with Crippen molar-refractivity contribution in [1.29, 1.82) is 0 Å². The molecular weight excluding hydrogens is 294 g/mol. The Morgan fingerprint density at radius 2 is 1.91 bits per heavy atom. The number of hydrogen-bond acceptors (Lipinski definition) is 3. The van der Waals surface area contributed by atoms with Crippen molar-refractivity contribution in [3.8, 4) is 27.7 Å². The van der Waals surface area contributed by atoms with Crippen LogP contribution in [0.1, 0.15) is 5.56 Å². The predicted octanol–water partition coefficient (Wildman–Crippen LogP) is 5.77. The van der Waals surface area contributed by atoms with Crippen molar-refractivity contribution in [2.24, 2.45) is 0 Å². The number of para-hydroxylation sites is 2. The number of nitrogens with zero attached hydrogens (tertiary/aromatic N) is 1. The Morgan fingerprint density at radius 3 is 2.64 bits per heavy atom. The van der Waals surface area contributed by atoms with Gasteiger partial charge in [0, 0.05) is 4.88 Å². The summed E-state index contributed by atoms with van der Waals surface area (Å²) in [5.41, 5.74) is 2.41. The molecule has 22 heavy (non-hydrogen) atoms. The number of phenolic OH excluding ortho intramolecular Hbond substituents is 1. The van der Waals surface area contributed by atoms with Gasteiger partial charge in [-0.2, -0.15) is 0 Å². The maximum absolute atomic E-state index is 10.1. The fraction of sp³-hybridized carbons (Fsp3) is 0.0556. The Morgan fingerprint density at radius 1 is 1.09 bits per heavy atom. The molecule has 108 valence electrons. The first-order valence-corrected chi connectivity index (χ1v) is 7.59. The first-order valence-electron chi connectivity index (χ1n) is 6.71. The summed E-state index contributed by atoms with van der Waals surface area (Å²) in [5.74, 6) is 0.858. The Bertz CT molecular complexity index is 848. The van der Waals surface area contributed by atoms with Crippen LogP contribution >= 0.6 is 11.3 Å². The molecule has 0 aliphatic rings. The van der Waals surface area contributed by atoms with E-state index in [9.17, 15) is 5.11 Å². The average Bonchev–Trinajstić information content (AvgIpc) is 3.04. The van der Waals surface area contributed by atoms with Crippen LogP contribution in [0.4, 0.5) is 5.69 Å². The van der Waals surface area contributed by atoms with Crippen molar-refractivity contribution in [2.75, 3.05) is 0 Å². The standard InChI is InChI=1S/C18H13NO2S/c1-12-10-15(20)17(11-13(12)18-8-5-9-22-18)21-16-7-4-3-6-14(16)19-2/h3-11,20H,1H3. The van der Waals surface area contributed by atoms with E-state index in [2.05, 4.69) is 4.85 Å². The molecule has 0 atom stereocenters. The molecule has 0 saturated carbocycles. The van der Waals surface area contributed by atoms with Crippen LogP contribution in [0.25, 0.3) is 15.3 Å². The zero-order chi connectivity index (χ0) is 15.5. The molecule has 1 N–H and O–H groups in total. The lowest BCUT2D eigenvalue weighted by atomic mass is 10.1. The highest BCUT2D eigenvalue weighted by Gasteiger charge is 2.12. The minimum Gasteiger partial charge on any atom is -0.504 e. The minimum atomic E-state index is 0.0672. The van der Waals surface area contributed by atoms with Gasteiger partial charge in [0.2, 0.25) is 5.69 Å². The molecule has 0 radical (unpaired) electrons. The minimum absolute atomic E-state index is 0.0672. The van der Waals surface area contributed by atoms with Gasteiger partial charge in [0.1, 0.15) is 5.75 Å². The van der Waals surface area contributed by atoms with Gasteiger partial charge in [-0.1, -0.05) is 24.3 Å². The van der Waals surface area contributed by atoms with E-state index in [1.807, 2.05) is 30.5 Å². The number of aryl methyl sites for hydroxylation is 1. The molecule has 0 aliphatic carbocycles. The first-order chi connectivity index (χ1) is 10.7. The summed E-state index contributed by atoms with van der Waals surface area (Å²) in [7, 11) is 0. The van der Waals surface area contributed by atoms with E-state index in [0.29, 0.717) is 17.2 Å². The van der Waals surface area contributed by atoms with Gasteiger partial charge >= 0.3 is 0 Å². The zero-order valence-corrected chi connectivity index (χ0v) is 12.7. The molecule has 3 nitrogen and oxygen atoms in total. The van der Waals surface area contributed by atoms with E-state index in [-0.39, 0.29) is 5.75 Å². The lowest BCUT2D eigenvalue weighted by molar-refractivity contribution is 0.412. The number of hydrogen-bond donors (Lipinski definition) is 1. The summed E-state index contributed by atoms with van der Waals surface area (Å²) in [4.78, 5) is 4.54. The Labute approximate surface area is 132 Å². The van der Waals surface area contributed by atoms with Crippen LogP contribution in [0.3, 0.4) is 0 Å². The van der Waals surface area contributed by atoms with E-state index in [1.54, 1.807) is 41.7 Å². The van der Waals surface area contributed by atoms with Crippen LogP contribution in [0.15, 0.2) is 53.9 Å². The summed E-state index contributed by atoms with van der Waals surface area (Å²) in [5, 5.41) is 12.1. The van der Waals surface area contributed by atoms with Crippen molar-refractivity contribution in [1.82, 2.24) is 0 Å². The summed E-state index contributed by atoms with van der Waals surface area (Å²) >= 11 is 1.63. The molecule has 2 aromatic carbocycles. The molecule has 0 unspecified atom stereocenters. The fourth-order valence-corrected chi connectivity index (χ4v) is 3.01. The third kappa shape index (κ3) is 2.67. The van der Waals surface area contributed by atoms with Gasteiger partial charge in [0.25, 0.3) is 0 Å². The van der Waals surface area contributed by atoms with Gasteiger partial charge < -0.3 is 9.84 Å². The number of phenols is 1. The maximum atomic E-state index is 10.1. The second-order valence-electron chi connectivity index (χ2n) is 4.79. The first kappa shape index (κ1) is 14.2. The molecule has 4 heteroatoms. The van der Waals surface area contributed by atoms with Crippen molar-refractivity contribution < 1.29 is 9.84 Å². The van der Waals surface area contributed by atoms with Gasteiger partial charge in [0.15, 0.2) is 11.5 Å². The van der Waals surface area contributed by atoms with Gasteiger partial charge in [0.05, 0.1) is 6.57 Å². The van der Waals surface area contributed by atoms with Gasteiger partial charge in [-0.25, -0.2) is 4.85 Å². The topological polar surface area (TPSA) is 33.8 Å². The van der Waals surface area contributed by atoms with Crippen molar-refractivity contribution in [2.45, 2.75) is 6.92 Å². The lowest BCUT2D eigenvalue weighted by Gasteiger charge is -2.12. The molecule has 1 aromatic heterocycles. The van der Waals surface area contributed by atoms with E-state index in [1.165, 1.54) is 0 Å². The van der Waals surface area contributed by atoms with Crippen LogP contribution in [-0.2, 0) is 0 Å². The van der Waals surface area contributed by atoms with E-state index in [4.69, 9.17) is 11.3 Å². The van der Waals surface area contributed by atoms with Gasteiger partial charge in [-0.3, -0.25) is 0 Å². The quantitative estimate of drug-likeness (QED) is 0.623. The molecule has 0 aliphatic heterocycles. The van der Waals surface area contributed by atoms with Crippen molar-refractivity contribution in [3.63, 3.8) is 0 Å². The van der Waals surface area contributed by atoms with Crippen LogP contribution in [0.5, 0.6) is 17.2 Å². The normalized spacial score (nSPS) is 10.2. The summed E-state index contributed by atoms with van der Waals surface area (Å²) < 4.78 is 5.77. The number of aromatic hydroxyl groups is 1. The van der Waals surface area contributed by atoms with Crippen molar-refractivity contribution >= 4 is 17.0 Å². The van der Waals surface area contributed by atoms with E-state index in [0.717, 1.165) is 16.0 Å². The second-order valence-corrected chi connectivity index (χ2v) is 5.74. The molecule has 1 heterocycles. The highest BCUT2D eigenvalue weighted by Crippen LogP contribution is 2.40. The Balaban J connectivity index is 2.04. The summed E-state index contributed by atoms with van der Waals surface area (Å²) in [6.45, 7) is 9.13. The summed E-state index contributed by atoms with van der Waals surface area (Å²) in [6, 6.07) is 14.5. The van der Waals surface area contributed by atoms with Gasteiger partial charge in [-0.05, 0) is 47.7 Å². The highest BCUT2D eigenvalue weighted by atomic mass is 32.1. The third-order valence-electron chi connectivity index (χ3n) is 3.30. The number of rotatable bonds is 3. The SMILES string of the molecule is [C-]#[N+]c1ccccc1Oc1cc(-c2cccs2)c(C)cc1O. The second kappa shape index (κ2) is 5.92. The van der Waals surface area contributed by atoms with Crippen LogP contribution < -0.4 is 4.74 Å². The molecule has 0 saturated heterocycles. The Hall–Kier alpha value is -2.77. The third-order valence-corrected chi connectivity index (χ3v) is 4.20. The zero-order valence-electron chi connectivity index (χ0n) is 11.9. The number of benzene rings is 2. The number of ether oxygens (including phenoxy) is 1. The van der Waals surface area contributed by atoms with Crippen molar-refractivity contribution in [3.05, 3.63) is 70.9 Å². The fourth-order valence-electron chi connectivity index (χ4n) is 2.21. The van der Waals surface area contributed by atoms with Gasteiger partial charge in [-0.15, -0.1) is 11.3 Å². The smallest absolute Gasteiger partial charge is 0.228 e. The molecule has 3 aromatic rings. The van der Waals surface area contributed by atoms with Crippen LogP contribution in [0, 0.1) is 13.5 Å². The van der Waals surface area contributed by atoms with Crippen LogP contribution in [-0.4, -0.2) is 5.11 Å². The molecular formula is C18H13NO2S. The highest BCUT2D eigenvalue weighted by molar-refractivity contribution is 7.13. The largest absolute Gasteiger partial charge is 0.504 e. The van der Waals surface area contributed by atoms with E-state index < -0.39 is 0 Å². The molecule has 0 bridgehead atoms. The molecule has 0 amide bonds. The van der Waals surface area contributed by atoms with Crippen LogP contribution in [0.2, 0.25) is 0 Å². The average molecular weight is 307 g/mol. The summed E-state index contributed by atoms with van der Waals surface area (Å²) in [6.07, 6.45) is 0. The molecule has 0 fully saturated rings. The maximum Gasteiger partial charge on any atom is 0.228 e. The molecule has 0 spiro atoms. The molecule has 3 rings (SSSR count). The van der Waals surface area contributed by atoms with E-state index >= 15 is 0 Å². The number of thiophene rings is 1. The predicted molar refractivity (Wildman–Crippen MR) is 88.9 cm³/mol. The Kier molecular flexibility index (Phi) is 3.82. The monoisotopic (exact) mass is 307 g/mol.